The van der Waals surface area contributed by atoms with Crippen LogP contribution in [0, 0.1) is 19.8 Å². The van der Waals surface area contributed by atoms with Crippen LogP contribution in [0.4, 0.5) is 0 Å². The summed E-state index contributed by atoms with van der Waals surface area (Å²) >= 11 is 0. The van der Waals surface area contributed by atoms with Crippen molar-refractivity contribution in [2.75, 3.05) is 20.1 Å². The van der Waals surface area contributed by atoms with Crippen molar-refractivity contribution in [3.8, 4) is 11.1 Å². The number of amides is 1. The van der Waals surface area contributed by atoms with E-state index in [0.29, 0.717) is 11.6 Å². The fourth-order valence-corrected chi connectivity index (χ4v) is 4.18. The Kier molecular flexibility index (Phi) is 5.17. The number of nitrogens with zero attached hydrogens (tertiary/aromatic N) is 4. The van der Waals surface area contributed by atoms with Crippen LogP contribution in [0.3, 0.4) is 0 Å². The maximum Gasteiger partial charge on any atom is 0.272 e. The van der Waals surface area contributed by atoms with Crippen LogP contribution in [0.5, 0.6) is 0 Å². The van der Waals surface area contributed by atoms with Gasteiger partial charge < -0.3 is 14.7 Å². The first-order valence-corrected chi connectivity index (χ1v) is 10.3. The Morgan fingerprint density at radius 3 is 2.76 bits per heavy atom. The number of benzene rings is 1. The molecule has 1 aliphatic heterocycles. The van der Waals surface area contributed by atoms with Crippen LogP contribution in [-0.4, -0.2) is 51.9 Å². The number of aryl methyl sites for hydroxylation is 2. The van der Waals surface area contributed by atoms with Gasteiger partial charge in [0.25, 0.3) is 5.91 Å². The van der Waals surface area contributed by atoms with E-state index in [-0.39, 0.29) is 11.9 Å². The van der Waals surface area contributed by atoms with Crippen LogP contribution >= 0.6 is 0 Å². The average Bonchev–Trinajstić information content (AvgIpc) is 3.32. The SMILES string of the molecule is Cc1noc(C)c1-c1ccc2c(C(=O)N[C@@H]3CCN(C)C3)nn(CC(C)C)c2c1. The number of aromatic nitrogens is 3. The van der Waals surface area contributed by atoms with E-state index in [9.17, 15) is 4.79 Å². The molecule has 3 heterocycles. The van der Waals surface area contributed by atoms with Crippen LogP contribution in [0.25, 0.3) is 22.0 Å². The standard InChI is InChI=1S/C22H29N5O2/c1-13(2)11-27-19-10-16(20-14(3)25-29-15(20)4)6-7-18(19)21(24-27)22(28)23-17-8-9-26(5)12-17/h6-7,10,13,17H,8-9,11-12H2,1-5H3,(H,23,28)/t17-/m1/s1. The topological polar surface area (TPSA) is 76.2 Å². The molecule has 1 N–H and O–H groups in total. The van der Waals surface area contributed by atoms with E-state index in [0.717, 1.165) is 59.5 Å². The molecule has 0 saturated carbocycles. The molecule has 1 aromatic carbocycles. The second-order valence-electron chi connectivity index (χ2n) is 8.58. The van der Waals surface area contributed by atoms with Crippen molar-refractivity contribution in [2.24, 2.45) is 5.92 Å². The number of fused-ring (bicyclic) bond motifs is 1. The highest BCUT2D eigenvalue weighted by atomic mass is 16.5. The molecule has 154 valence electrons. The third-order valence-electron chi connectivity index (χ3n) is 5.55. The van der Waals surface area contributed by atoms with E-state index in [4.69, 9.17) is 9.62 Å². The van der Waals surface area contributed by atoms with Gasteiger partial charge in [-0.15, -0.1) is 0 Å². The third-order valence-corrected chi connectivity index (χ3v) is 5.55. The molecule has 0 spiro atoms. The first-order valence-electron chi connectivity index (χ1n) is 10.3. The molecule has 0 aliphatic carbocycles. The Balaban J connectivity index is 1.74. The maximum atomic E-state index is 13.0. The molecular weight excluding hydrogens is 366 g/mol. The van der Waals surface area contributed by atoms with Gasteiger partial charge in [-0.1, -0.05) is 25.1 Å². The highest BCUT2D eigenvalue weighted by molar-refractivity contribution is 6.05. The molecule has 1 amide bonds. The second-order valence-corrected chi connectivity index (χ2v) is 8.58. The summed E-state index contributed by atoms with van der Waals surface area (Å²) in [5, 5.41) is 12.8. The normalized spacial score (nSPS) is 17.5. The van der Waals surface area contributed by atoms with Crippen LogP contribution in [0.1, 0.15) is 42.2 Å². The summed E-state index contributed by atoms with van der Waals surface area (Å²) in [6.45, 7) is 10.8. The third kappa shape index (κ3) is 3.79. The molecule has 0 bridgehead atoms. The molecule has 4 rings (SSSR count). The van der Waals surface area contributed by atoms with Gasteiger partial charge in [0.1, 0.15) is 5.76 Å². The van der Waals surface area contributed by atoms with Gasteiger partial charge in [-0.3, -0.25) is 9.48 Å². The van der Waals surface area contributed by atoms with Crippen LogP contribution < -0.4 is 5.32 Å². The van der Waals surface area contributed by atoms with Gasteiger partial charge in [0.2, 0.25) is 0 Å². The van der Waals surface area contributed by atoms with Crippen molar-refractivity contribution in [3.63, 3.8) is 0 Å². The van der Waals surface area contributed by atoms with E-state index >= 15 is 0 Å². The summed E-state index contributed by atoms with van der Waals surface area (Å²) in [6.07, 6.45) is 0.975. The fourth-order valence-electron chi connectivity index (χ4n) is 4.18. The Morgan fingerprint density at radius 1 is 1.34 bits per heavy atom. The highest BCUT2D eigenvalue weighted by Gasteiger charge is 2.25. The lowest BCUT2D eigenvalue weighted by molar-refractivity contribution is 0.0934. The smallest absolute Gasteiger partial charge is 0.272 e. The number of rotatable bonds is 5. The van der Waals surface area contributed by atoms with Gasteiger partial charge in [-0.05, 0) is 57.5 Å². The van der Waals surface area contributed by atoms with E-state index in [2.05, 4.69) is 42.3 Å². The molecule has 7 heteroatoms. The van der Waals surface area contributed by atoms with Crippen molar-refractivity contribution < 1.29 is 9.32 Å². The first-order chi connectivity index (χ1) is 13.8. The minimum Gasteiger partial charge on any atom is -0.361 e. The summed E-state index contributed by atoms with van der Waals surface area (Å²) < 4.78 is 7.30. The number of carbonyl (C=O) groups is 1. The maximum absolute atomic E-state index is 13.0. The zero-order valence-electron chi connectivity index (χ0n) is 17.8. The molecule has 2 aromatic heterocycles. The molecule has 1 atom stereocenters. The van der Waals surface area contributed by atoms with Crippen molar-refractivity contribution in [1.82, 2.24) is 25.2 Å². The lowest BCUT2D eigenvalue weighted by atomic mass is 10.0. The van der Waals surface area contributed by atoms with Gasteiger partial charge in [0.15, 0.2) is 5.69 Å². The van der Waals surface area contributed by atoms with E-state index in [1.165, 1.54) is 0 Å². The molecule has 1 saturated heterocycles. The van der Waals surface area contributed by atoms with Gasteiger partial charge in [-0.2, -0.15) is 5.10 Å². The molecule has 29 heavy (non-hydrogen) atoms. The predicted molar refractivity (Wildman–Crippen MR) is 113 cm³/mol. The molecule has 0 radical (unpaired) electrons. The zero-order chi connectivity index (χ0) is 20.7. The van der Waals surface area contributed by atoms with E-state index in [1.807, 2.05) is 30.7 Å². The van der Waals surface area contributed by atoms with Crippen molar-refractivity contribution in [3.05, 3.63) is 35.3 Å². The summed E-state index contributed by atoms with van der Waals surface area (Å²) in [7, 11) is 2.08. The minimum absolute atomic E-state index is 0.0945. The van der Waals surface area contributed by atoms with Gasteiger partial charge >= 0.3 is 0 Å². The fraction of sp³-hybridized carbons (Fsp3) is 0.500. The second kappa shape index (κ2) is 7.63. The monoisotopic (exact) mass is 395 g/mol. The summed E-state index contributed by atoms with van der Waals surface area (Å²) in [4.78, 5) is 15.2. The van der Waals surface area contributed by atoms with E-state index < -0.39 is 0 Å². The Morgan fingerprint density at radius 2 is 2.14 bits per heavy atom. The molecule has 1 fully saturated rings. The number of nitrogens with one attached hydrogen (secondary N) is 1. The summed E-state index contributed by atoms with van der Waals surface area (Å²) in [5.74, 6) is 1.11. The summed E-state index contributed by atoms with van der Waals surface area (Å²) in [5.41, 5.74) is 4.36. The molecule has 1 aliphatic rings. The van der Waals surface area contributed by atoms with Crippen molar-refractivity contribution in [1.29, 1.82) is 0 Å². The molecule has 3 aromatic rings. The number of likely N-dealkylation sites (N-methyl/N-ethyl adjacent to an activating group) is 1. The van der Waals surface area contributed by atoms with Gasteiger partial charge in [-0.25, -0.2) is 0 Å². The lowest BCUT2D eigenvalue weighted by Crippen LogP contribution is -2.36. The lowest BCUT2D eigenvalue weighted by Gasteiger charge is -2.11. The van der Waals surface area contributed by atoms with Crippen molar-refractivity contribution >= 4 is 16.8 Å². The Hall–Kier alpha value is -2.67. The molecule has 0 unspecified atom stereocenters. The van der Waals surface area contributed by atoms with Gasteiger partial charge in [0, 0.05) is 30.1 Å². The van der Waals surface area contributed by atoms with Crippen LogP contribution in [0.15, 0.2) is 22.7 Å². The molecule has 7 nitrogen and oxygen atoms in total. The van der Waals surface area contributed by atoms with Crippen molar-refractivity contribution in [2.45, 2.75) is 46.7 Å². The minimum atomic E-state index is -0.0945. The Bertz CT molecular complexity index is 1030. The predicted octanol–water partition coefficient (Wildman–Crippen LogP) is 3.40. The summed E-state index contributed by atoms with van der Waals surface area (Å²) in [6, 6.07) is 6.29. The van der Waals surface area contributed by atoms with Gasteiger partial charge in [0.05, 0.1) is 11.2 Å². The van der Waals surface area contributed by atoms with E-state index in [1.54, 1.807) is 0 Å². The van der Waals surface area contributed by atoms with Crippen LogP contribution in [-0.2, 0) is 6.54 Å². The number of carbonyl (C=O) groups excluding carboxylic acids is 1. The van der Waals surface area contributed by atoms with Crippen LogP contribution in [0.2, 0.25) is 0 Å². The highest BCUT2D eigenvalue weighted by Crippen LogP contribution is 2.31. The number of hydrogen-bond acceptors (Lipinski definition) is 5. The molecular formula is C22H29N5O2. The quantitative estimate of drug-likeness (QED) is 0.717. The largest absolute Gasteiger partial charge is 0.361 e. The zero-order valence-corrected chi connectivity index (χ0v) is 17.8. The first kappa shape index (κ1) is 19.6. The number of likely N-dealkylation sites (tertiary alicyclic amines) is 1. The Labute approximate surface area is 171 Å². The average molecular weight is 396 g/mol. The number of hydrogen-bond donors (Lipinski definition) is 1.